The largest absolute Gasteiger partial charge is 4.00 e. The van der Waals surface area contributed by atoms with Gasteiger partial charge in [-0.2, -0.15) is 35.3 Å². The minimum atomic E-state index is -1.73. The van der Waals surface area contributed by atoms with Crippen LogP contribution in [0.1, 0.15) is 130 Å². The minimum Gasteiger partial charge on any atom is -0.687 e. The van der Waals surface area contributed by atoms with Crippen molar-refractivity contribution < 1.29 is 69.9 Å². The number of rotatable bonds is 10. The van der Waals surface area contributed by atoms with Gasteiger partial charge in [0.25, 0.3) is 0 Å². The molecule has 21 unspecified atom stereocenters. The number of fused-ring (bicyclic) bond motifs is 9. The summed E-state index contributed by atoms with van der Waals surface area (Å²) in [6.45, 7) is 35.0. The standard InChI is InChI=1S/C23H36NSSi.C22H34NOSSi.C21H32NSSi.9CH3.3Ti/c1-14-10-9-11-15(2)21(14)24-26(5,6)23-17(4)16(3)20-18-12-7-8-13-19(18)25-22(20)23;1-14-15(2)22(21-20(14)18-8-6-7-9-19(18)25-21)26(4,5)23-16-10-12-17(24-3)13-11-16;1-14-15(2)21(24(3,4)22-16-10-6-5-7-11-16)20-19(14)17-12-8-9-13-18(17)23-20;;;;;;;;;;;;/h9-11,16-20,22-23H,7-8,12-13H2,1-6H3;10-15,18-22H,6-9H2,1-5H3;5-7,10-11,14-15,17-21H,8-9,12-13H2,1-4H3;9*1H3;;;/q12*-1;3*+4. The van der Waals surface area contributed by atoms with Crippen molar-refractivity contribution in [1.29, 1.82) is 0 Å². The minimum absolute atomic E-state index is 0. The van der Waals surface area contributed by atoms with E-state index < -0.39 is 24.7 Å². The van der Waals surface area contributed by atoms with Gasteiger partial charge in [-0.15, -0.1) is 17.1 Å². The molecule has 3 saturated heterocycles. The fourth-order valence-electron chi connectivity index (χ4n) is 19.2. The van der Waals surface area contributed by atoms with Crippen molar-refractivity contribution in [3.8, 4) is 5.75 Å². The van der Waals surface area contributed by atoms with Crippen molar-refractivity contribution in [3.63, 3.8) is 0 Å². The van der Waals surface area contributed by atoms with E-state index in [1.54, 1.807) is 7.11 Å². The molecule has 0 radical (unpaired) electrons. The van der Waals surface area contributed by atoms with Gasteiger partial charge in [-0.25, -0.2) is 0 Å². The van der Waals surface area contributed by atoms with Crippen LogP contribution in [-0.2, 0) is 65.2 Å². The van der Waals surface area contributed by atoms with Crippen molar-refractivity contribution in [2.45, 2.75) is 220 Å². The van der Waals surface area contributed by atoms with Gasteiger partial charge in [-0.05, 0) is 177 Å². The van der Waals surface area contributed by atoms with E-state index in [1.165, 1.54) is 99.6 Å². The van der Waals surface area contributed by atoms with Crippen LogP contribution in [0.4, 0.5) is 17.1 Å². The van der Waals surface area contributed by atoms with E-state index in [0.717, 1.165) is 131 Å². The molecule has 9 fully saturated rings. The van der Waals surface area contributed by atoms with Crippen molar-refractivity contribution >= 4 is 77.1 Å². The average Bonchev–Trinajstić information content (AvgIpc) is 1.81. The molecule has 12 rings (SSSR count). The van der Waals surface area contributed by atoms with Gasteiger partial charge in [-0.1, -0.05) is 191 Å². The zero-order valence-electron chi connectivity index (χ0n) is 60.5. The molecule has 3 heterocycles. The Morgan fingerprint density at radius 3 is 0.989 bits per heavy atom. The molecule has 0 N–H and O–H groups in total. The number of hydrogen-bond donors (Lipinski definition) is 0. The molecule has 4 nitrogen and oxygen atoms in total. The number of benzene rings is 3. The zero-order valence-corrected chi connectivity index (χ0v) is 70.6. The molecule has 0 spiro atoms. The molecule has 3 aromatic carbocycles. The third-order valence-electron chi connectivity index (χ3n) is 22.9. The molecular formula is C75H129N3OS3Si3Ti3. The Morgan fingerprint density at radius 2 is 0.670 bits per heavy atom. The molecule has 6 aliphatic carbocycles. The molecule has 9 aliphatic rings. The Morgan fingerprint density at radius 1 is 0.375 bits per heavy atom. The van der Waals surface area contributed by atoms with Gasteiger partial charge in [0.1, 0.15) is 5.75 Å². The Kier molecular flexibility index (Phi) is 40.7. The van der Waals surface area contributed by atoms with Crippen LogP contribution < -0.4 is 4.74 Å². The first-order valence-corrected chi connectivity index (χ1v) is 43.0. The van der Waals surface area contributed by atoms with E-state index in [2.05, 4.69) is 191 Å². The second-order valence-electron chi connectivity index (χ2n) is 28.3. The first-order chi connectivity index (χ1) is 36.2. The molecule has 6 saturated carbocycles. The number of ether oxygens (including phenoxy) is 1. The summed E-state index contributed by atoms with van der Waals surface area (Å²) in [5.41, 5.74) is 8.84. The van der Waals surface area contributed by atoms with E-state index in [9.17, 15) is 0 Å². The summed E-state index contributed by atoms with van der Waals surface area (Å²) in [6.07, 6.45) is 17.7. The van der Waals surface area contributed by atoms with Crippen LogP contribution in [0, 0.1) is 152 Å². The van der Waals surface area contributed by atoms with Crippen LogP contribution in [0.15, 0.2) is 72.8 Å². The summed E-state index contributed by atoms with van der Waals surface area (Å²) in [5.74, 6) is 11.9. The Labute approximate surface area is 610 Å². The van der Waals surface area contributed by atoms with Crippen LogP contribution >= 0.6 is 35.3 Å². The molecule has 3 aromatic rings. The molecule has 88 heavy (non-hydrogen) atoms. The third-order valence-corrected chi connectivity index (χ3v) is 39.2. The number of hydrogen-bond acceptors (Lipinski definition) is 4. The van der Waals surface area contributed by atoms with Crippen LogP contribution in [-0.4, -0.2) is 63.3 Å². The SMILES string of the molecule is CC1C(C)C([Si](C)(C)[N-]c2ccccc2)C2SC3CCCCC3C12.COc1ccc([N-][Si](C)(C)C2C(C)C(C)C3C4CCCCC4SC32)cc1.Cc1cccc(C)c1[N-][Si](C)(C)C1C(C)C(C)C2C3CCCCC3SC21.[CH3-].[CH3-].[CH3-].[CH3-].[CH3-].[CH3-].[CH3-].[CH3-].[CH3-].[Ti+4].[Ti+4].[Ti+4]. The topological polar surface area (TPSA) is 51.5 Å². The number of thioether (sulfide) groups is 3. The summed E-state index contributed by atoms with van der Waals surface area (Å²) >= 11 is 7.17. The van der Waals surface area contributed by atoms with Gasteiger partial charge >= 0.3 is 65.2 Å². The molecule has 13 heteroatoms. The normalized spacial score (nSPS) is 34.7. The van der Waals surface area contributed by atoms with Gasteiger partial charge in [0.05, 0.1) is 7.11 Å². The maximum Gasteiger partial charge on any atom is 4.00 e. The van der Waals surface area contributed by atoms with Crippen molar-refractivity contribution in [2.75, 3.05) is 7.11 Å². The van der Waals surface area contributed by atoms with Crippen molar-refractivity contribution in [2.24, 2.45) is 71.0 Å². The summed E-state index contributed by atoms with van der Waals surface area (Å²) < 4.78 is 5.31. The molecule has 3 aliphatic heterocycles. The van der Waals surface area contributed by atoms with E-state index in [0.29, 0.717) is 0 Å². The third kappa shape index (κ3) is 18.7. The second-order valence-corrected chi connectivity index (χ2v) is 45.2. The van der Waals surface area contributed by atoms with E-state index in [-0.39, 0.29) is 132 Å². The van der Waals surface area contributed by atoms with Gasteiger partial charge in [0.15, 0.2) is 0 Å². The monoisotopic (exact) mass is 1410 g/mol. The number of nitrogens with zero attached hydrogens (tertiary/aromatic N) is 3. The van der Waals surface area contributed by atoms with Crippen molar-refractivity contribution in [1.82, 2.24) is 0 Å². The summed E-state index contributed by atoms with van der Waals surface area (Å²) in [4.78, 5) is 16.3. The van der Waals surface area contributed by atoms with E-state index in [4.69, 9.17) is 19.7 Å². The van der Waals surface area contributed by atoms with Crippen molar-refractivity contribution in [3.05, 3.63) is 166 Å². The van der Waals surface area contributed by atoms with Gasteiger partial charge in [0, 0.05) is 31.5 Å². The maximum atomic E-state index is 5.56. The predicted octanol–water partition coefficient (Wildman–Crippen LogP) is 25.2. The molecular weight excluding hydrogens is 1280 g/mol. The van der Waals surface area contributed by atoms with Crippen LogP contribution in [0.3, 0.4) is 0 Å². The second kappa shape index (κ2) is 38.6. The molecule has 0 aromatic heterocycles. The Hall–Kier alpha value is 0.704. The molecule has 492 valence electrons. The first-order valence-electron chi connectivity index (χ1n) is 31.1. The Balaban J connectivity index is -0.00000115. The predicted molar refractivity (Wildman–Crippen MR) is 403 cm³/mol. The smallest absolute Gasteiger partial charge is 0.687 e. The van der Waals surface area contributed by atoms with E-state index in [1.807, 2.05) is 12.1 Å². The first kappa shape index (κ1) is 92.9. The summed E-state index contributed by atoms with van der Waals surface area (Å²) in [6, 6.07) is 25.7. The van der Waals surface area contributed by atoms with Gasteiger partial charge in [0.2, 0.25) is 0 Å². The van der Waals surface area contributed by atoms with Crippen LogP contribution in [0.5, 0.6) is 5.75 Å². The quantitative estimate of drug-likeness (QED) is 0.150. The van der Waals surface area contributed by atoms with Crippen LogP contribution in [0.25, 0.3) is 14.9 Å². The summed E-state index contributed by atoms with van der Waals surface area (Å²) in [5, 5.41) is 5.49. The zero-order chi connectivity index (χ0) is 54.0. The molecule has 0 bridgehead atoms. The fourth-order valence-corrected chi connectivity index (χ4v) is 40.6. The summed E-state index contributed by atoms with van der Waals surface area (Å²) in [7, 11) is -3.39. The van der Waals surface area contributed by atoms with Gasteiger partial charge < -0.3 is 86.5 Å². The molecule has 21 atom stereocenters. The van der Waals surface area contributed by atoms with E-state index >= 15 is 0 Å². The molecule has 0 amide bonds. The maximum absolute atomic E-state index is 5.56. The average molecular weight is 1410 g/mol. The van der Waals surface area contributed by atoms with Crippen LogP contribution in [0.2, 0.25) is 55.9 Å². The number of methoxy groups -OCH3 is 1. The Bertz CT molecular complexity index is 2410. The number of aryl methyl sites for hydroxylation is 2. The van der Waals surface area contributed by atoms with Gasteiger partial charge in [-0.3, -0.25) is 0 Å². The fraction of sp³-hybridized carbons (Fsp3) is 0.640.